The molecule has 0 saturated heterocycles. The van der Waals surface area contributed by atoms with Crippen LogP contribution in [0.15, 0.2) is 12.1 Å². The standard InChI is InChI=1S/C10H12FNO/c1-3-8(13)7-5-4-6(2)9(11)10(7)12/h4-5H,3,12H2,1-2H3. The second kappa shape index (κ2) is 3.56. The highest BCUT2D eigenvalue weighted by molar-refractivity contribution is 6.00. The Hall–Kier alpha value is -1.38. The number of nitrogens with two attached hydrogens (primary N) is 1. The summed E-state index contributed by atoms with van der Waals surface area (Å²) < 4.78 is 13.2. The summed E-state index contributed by atoms with van der Waals surface area (Å²) in [4.78, 5) is 11.3. The van der Waals surface area contributed by atoms with Crippen LogP contribution in [-0.2, 0) is 0 Å². The maximum absolute atomic E-state index is 13.2. The van der Waals surface area contributed by atoms with E-state index >= 15 is 0 Å². The number of hydrogen-bond donors (Lipinski definition) is 1. The monoisotopic (exact) mass is 181 g/mol. The molecular weight excluding hydrogens is 169 g/mol. The van der Waals surface area contributed by atoms with Gasteiger partial charge in [-0.2, -0.15) is 0 Å². The average Bonchev–Trinajstić information content (AvgIpc) is 2.13. The number of carbonyl (C=O) groups excluding carboxylic acids is 1. The molecule has 0 aliphatic carbocycles. The summed E-state index contributed by atoms with van der Waals surface area (Å²) in [6.07, 6.45) is 0.340. The number of Topliss-reactive ketones (excluding diaryl/α,β-unsaturated/α-hetero) is 1. The van der Waals surface area contributed by atoms with Crippen LogP contribution >= 0.6 is 0 Å². The molecule has 13 heavy (non-hydrogen) atoms. The fourth-order valence-corrected chi connectivity index (χ4v) is 1.14. The number of carbonyl (C=O) groups is 1. The molecular formula is C10H12FNO. The highest BCUT2D eigenvalue weighted by Crippen LogP contribution is 2.20. The van der Waals surface area contributed by atoms with Gasteiger partial charge >= 0.3 is 0 Å². The van der Waals surface area contributed by atoms with Gasteiger partial charge in [-0.1, -0.05) is 13.0 Å². The molecule has 3 heteroatoms. The number of hydrogen-bond acceptors (Lipinski definition) is 2. The van der Waals surface area contributed by atoms with E-state index in [4.69, 9.17) is 5.73 Å². The van der Waals surface area contributed by atoms with Crippen LogP contribution in [-0.4, -0.2) is 5.78 Å². The van der Waals surface area contributed by atoms with Gasteiger partial charge < -0.3 is 5.73 Å². The Morgan fingerprint density at radius 1 is 1.54 bits per heavy atom. The van der Waals surface area contributed by atoms with E-state index in [-0.39, 0.29) is 17.0 Å². The zero-order valence-corrected chi connectivity index (χ0v) is 7.73. The third kappa shape index (κ3) is 1.69. The van der Waals surface area contributed by atoms with Gasteiger partial charge in [0.25, 0.3) is 0 Å². The lowest BCUT2D eigenvalue weighted by atomic mass is 10.0. The molecule has 0 amide bonds. The molecule has 2 nitrogen and oxygen atoms in total. The van der Waals surface area contributed by atoms with Crippen LogP contribution in [0, 0.1) is 12.7 Å². The molecule has 70 valence electrons. The molecule has 0 atom stereocenters. The number of aryl methyl sites for hydroxylation is 1. The van der Waals surface area contributed by atoms with Crippen LogP contribution in [0.1, 0.15) is 29.3 Å². The minimum absolute atomic E-state index is 0.0353. The van der Waals surface area contributed by atoms with Crippen LogP contribution in [0.4, 0.5) is 10.1 Å². The van der Waals surface area contributed by atoms with E-state index < -0.39 is 5.82 Å². The SMILES string of the molecule is CCC(=O)c1ccc(C)c(F)c1N. The van der Waals surface area contributed by atoms with E-state index in [2.05, 4.69) is 0 Å². The van der Waals surface area contributed by atoms with Gasteiger partial charge in [-0.3, -0.25) is 4.79 Å². The molecule has 1 aromatic carbocycles. The van der Waals surface area contributed by atoms with Crippen molar-refractivity contribution in [2.75, 3.05) is 5.73 Å². The third-order valence-corrected chi connectivity index (χ3v) is 1.99. The molecule has 0 radical (unpaired) electrons. The van der Waals surface area contributed by atoms with Crippen molar-refractivity contribution in [2.24, 2.45) is 0 Å². The Balaban J connectivity index is 3.26. The van der Waals surface area contributed by atoms with Crippen LogP contribution in [0.2, 0.25) is 0 Å². The van der Waals surface area contributed by atoms with E-state index in [9.17, 15) is 9.18 Å². The minimum Gasteiger partial charge on any atom is -0.396 e. The predicted octanol–water partition coefficient (Wildman–Crippen LogP) is 2.31. The van der Waals surface area contributed by atoms with E-state index in [1.807, 2.05) is 0 Å². The quantitative estimate of drug-likeness (QED) is 0.562. The summed E-state index contributed by atoms with van der Waals surface area (Å²) in [6, 6.07) is 3.13. The minimum atomic E-state index is -0.487. The van der Waals surface area contributed by atoms with Crippen molar-refractivity contribution >= 4 is 11.5 Å². The summed E-state index contributed by atoms with van der Waals surface area (Å²) in [6.45, 7) is 3.34. The molecule has 0 aromatic heterocycles. The lowest BCUT2D eigenvalue weighted by Gasteiger charge is -2.05. The summed E-state index contributed by atoms with van der Waals surface area (Å²) in [5.74, 6) is -0.615. The molecule has 0 spiro atoms. The number of anilines is 1. The average molecular weight is 181 g/mol. The first-order valence-corrected chi connectivity index (χ1v) is 4.15. The van der Waals surface area contributed by atoms with E-state index in [0.29, 0.717) is 12.0 Å². The fourth-order valence-electron chi connectivity index (χ4n) is 1.14. The van der Waals surface area contributed by atoms with Crippen molar-refractivity contribution in [2.45, 2.75) is 20.3 Å². The zero-order valence-electron chi connectivity index (χ0n) is 7.73. The number of halogens is 1. The predicted molar refractivity (Wildman–Crippen MR) is 50.2 cm³/mol. The van der Waals surface area contributed by atoms with Gasteiger partial charge in [-0.15, -0.1) is 0 Å². The number of benzene rings is 1. The van der Waals surface area contributed by atoms with E-state index in [1.54, 1.807) is 26.0 Å². The Kier molecular flexibility index (Phi) is 2.66. The van der Waals surface area contributed by atoms with Crippen molar-refractivity contribution < 1.29 is 9.18 Å². The van der Waals surface area contributed by atoms with Crippen molar-refractivity contribution in [3.05, 3.63) is 29.1 Å². The number of ketones is 1. The van der Waals surface area contributed by atoms with Gasteiger partial charge in [0.2, 0.25) is 0 Å². The summed E-state index contributed by atoms with van der Waals surface area (Å²) in [7, 11) is 0. The smallest absolute Gasteiger partial charge is 0.164 e. The van der Waals surface area contributed by atoms with Gasteiger partial charge in [0.1, 0.15) is 5.82 Å². The van der Waals surface area contributed by atoms with Crippen LogP contribution in [0.3, 0.4) is 0 Å². The van der Waals surface area contributed by atoms with E-state index in [0.717, 1.165) is 0 Å². The second-order valence-corrected chi connectivity index (χ2v) is 2.93. The fraction of sp³-hybridized carbons (Fsp3) is 0.300. The van der Waals surface area contributed by atoms with E-state index in [1.165, 1.54) is 0 Å². The molecule has 0 heterocycles. The maximum atomic E-state index is 13.2. The van der Waals surface area contributed by atoms with Gasteiger partial charge in [0, 0.05) is 12.0 Å². The first-order valence-electron chi connectivity index (χ1n) is 4.15. The van der Waals surface area contributed by atoms with Crippen LogP contribution in [0.25, 0.3) is 0 Å². The van der Waals surface area contributed by atoms with Gasteiger partial charge in [0.05, 0.1) is 5.69 Å². The molecule has 0 aliphatic rings. The molecule has 0 bridgehead atoms. The molecule has 1 rings (SSSR count). The first kappa shape index (κ1) is 9.71. The second-order valence-electron chi connectivity index (χ2n) is 2.93. The summed E-state index contributed by atoms with van der Waals surface area (Å²) in [5.41, 5.74) is 6.17. The lowest BCUT2D eigenvalue weighted by molar-refractivity contribution is 0.0988. The highest BCUT2D eigenvalue weighted by atomic mass is 19.1. The maximum Gasteiger partial charge on any atom is 0.164 e. The van der Waals surface area contributed by atoms with Crippen molar-refractivity contribution in [3.8, 4) is 0 Å². The van der Waals surface area contributed by atoms with Gasteiger partial charge in [0.15, 0.2) is 5.78 Å². The van der Waals surface area contributed by atoms with Crippen molar-refractivity contribution in [1.82, 2.24) is 0 Å². The lowest BCUT2D eigenvalue weighted by Crippen LogP contribution is -2.05. The molecule has 1 aromatic rings. The van der Waals surface area contributed by atoms with Crippen molar-refractivity contribution in [1.29, 1.82) is 0 Å². The molecule has 0 saturated carbocycles. The highest BCUT2D eigenvalue weighted by Gasteiger charge is 2.12. The topological polar surface area (TPSA) is 43.1 Å². The Morgan fingerprint density at radius 2 is 2.15 bits per heavy atom. The summed E-state index contributed by atoms with van der Waals surface area (Å²) >= 11 is 0. The third-order valence-electron chi connectivity index (χ3n) is 1.99. The van der Waals surface area contributed by atoms with Crippen molar-refractivity contribution in [3.63, 3.8) is 0 Å². The van der Waals surface area contributed by atoms with Gasteiger partial charge in [-0.25, -0.2) is 4.39 Å². The molecule has 0 aliphatic heterocycles. The summed E-state index contributed by atoms with van der Waals surface area (Å²) in [5, 5.41) is 0. The van der Waals surface area contributed by atoms with Crippen LogP contribution < -0.4 is 5.73 Å². The Bertz CT molecular complexity index is 347. The molecule has 0 unspecified atom stereocenters. The largest absolute Gasteiger partial charge is 0.396 e. The normalized spacial score (nSPS) is 10.1. The van der Waals surface area contributed by atoms with Crippen LogP contribution in [0.5, 0.6) is 0 Å². The molecule has 0 fully saturated rings. The van der Waals surface area contributed by atoms with Gasteiger partial charge in [-0.05, 0) is 18.6 Å². The Morgan fingerprint density at radius 3 is 2.69 bits per heavy atom. The number of nitrogen functional groups attached to an aromatic ring is 1. The first-order chi connectivity index (χ1) is 6.07. The number of rotatable bonds is 2. The Labute approximate surface area is 76.6 Å². The zero-order chi connectivity index (χ0) is 10.0. The molecule has 2 N–H and O–H groups in total.